The molecule has 0 bridgehead atoms. The minimum Gasteiger partial charge on any atom is -0.387 e. The standard InChI is InChI=1S/C14H12N2.ClH/c15-14-9-13-11(7-8-16-14)6-5-10-3-1-2-4-12(10)13;/h1-8H,9H2,(H2,15,16);1H. The third kappa shape index (κ3) is 2.04. The second kappa shape index (κ2) is 4.60. The third-order valence-electron chi connectivity index (χ3n) is 2.93. The number of halogens is 1. The van der Waals surface area contributed by atoms with Crippen LogP contribution < -0.4 is 5.73 Å². The van der Waals surface area contributed by atoms with E-state index >= 15 is 0 Å². The van der Waals surface area contributed by atoms with Crippen LogP contribution in [0.3, 0.4) is 0 Å². The zero-order valence-corrected chi connectivity index (χ0v) is 10.1. The summed E-state index contributed by atoms with van der Waals surface area (Å²) in [5, 5.41) is 2.52. The molecule has 86 valence electrons. The van der Waals surface area contributed by atoms with Crippen molar-refractivity contribution in [3.63, 3.8) is 0 Å². The molecule has 3 heteroatoms. The minimum atomic E-state index is 0. The Morgan fingerprint density at radius 3 is 2.76 bits per heavy atom. The first-order valence-electron chi connectivity index (χ1n) is 5.34. The predicted molar refractivity (Wildman–Crippen MR) is 75.6 cm³/mol. The molecule has 0 saturated heterocycles. The van der Waals surface area contributed by atoms with Gasteiger partial charge in [-0.1, -0.05) is 36.4 Å². The maximum absolute atomic E-state index is 5.84. The van der Waals surface area contributed by atoms with Crippen LogP contribution in [0, 0.1) is 0 Å². The molecule has 1 aliphatic rings. The molecule has 0 spiro atoms. The van der Waals surface area contributed by atoms with Gasteiger partial charge in [0.2, 0.25) is 0 Å². The highest BCUT2D eigenvalue weighted by molar-refractivity contribution is 5.95. The van der Waals surface area contributed by atoms with Gasteiger partial charge in [-0.25, -0.2) is 4.99 Å². The van der Waals surface area contributed by atoms with Crippen molar-refractivity contribution in [2.24, 2.45) is 10.7 Å². The average Bonchev–Trinajstić information content (AvgIpc) is 2.50. The number of nitrogens with two attached hydrogens (primary N) is 1. The van der Waals surface area contributed by atoms with Gasteiger partial charge in [0.1, 0.15) is 5.84 Å². The number of amidine groups is 1. The normalized spacial score (nSPS) is 13.5. The van der Waals surface area contributed by atoms with E-state index in [1.807, 2.05) is 6.08 Å². The van der Waals surface area contributed by atoms with E-state index in [-0.39, 0.29) is 12.4 Å². The van der Waals surface area contributed by atoms with Crippen molar-refractivity contribution < 1.29 is 0 Å². The number of nitrogens with zero attached hydrogens (tertiary/aromatic N) is 1. The summed E-state index contributed by atoms with van der Waals surface area (Å²) in [5.74, 6) is 0.673. The van der Waals surface area contributed by atoms with Gasteiger partial charge in [-0.15, -0.1) is 12.4 Å². The summed E-state index contributed by atoms with van der Waals surface area (Å²) in [6.07, 6.45) is 4.52. The van der Waals surface area contributed by atoms with Crippen LogP contribution in [0.15, 0.2) is 47.6 Å². The molecule has 3 rings (SSSR count). The number of hydrogen-bond donors (Lipinski definition) is 1. The van der Waals surface area contributed by atoms with Crippen molar-refractivity contribution in [3.8, 4) is 0 Å². The van der Waals surface area contributed by atoms with Gasteiger partial charge in [0.05, 0.1) is 0 Å². The van der Waals surface area contributed by atoms with Gasteiger partial charge < -0.3 is 5.73 Å². The summed E-state index contributed by atoms with van der Waals surface area (Å²) >= 11 is 0. The Hall–Kier alpha value is -1.80. The van der Waals surface area contributed by atoms with E-state index in [4.69, 9.17) is 5.73 Å². The Bertz CT molecular complexity index is 615. The minimum absolute atomic E-state index is 0. The molecule has 0 aromatic heterocycles. The van der Waals surface area contributed by atoms with Gasteiger partial charge in [0.15, 0.2) is 0 Å². The molecule has 2 nitrogen and oxygen atoms in total. The summed E-state index contributed by atoms with van der Waals surface area (Å²) in [6.45, 7) is 0. The maximum Gasteiger partial charge on any atom is 0.103 e. The molecule has 17 heavy (non-hydrogen) atoms. The second-order valence-corrected chi connectivity index (χ2v) is 3.97. The Morgan fingerprint density at radius 2 is 1.88 bits per heavy atom. The summed E-state index contributed by atoms with van der Waals surface area (Å²) < 4.78 is 0. The average molecular weight is 245 g/mol. The summed E-state index contributed by atoms with van der Waals surface area (Å²) in [7, 11) is 0. The van der Waals surface area contributed by atoms with Crippen molar-refractivity contribution in [3.05, 3.63) is 53.7 Å². The molecule has 1 aliphatic heterocycles. The molecule has 2 N–H and O–H groups in total. The van der Waals surface area contributed by atoms with Crippen molar-refractivity contribution >= 4 is 35.1 Å². The van der Waals surface area contributed by atoms with Crippen molar-refractivity contribution in [2.75, 3.05) is 0 Å². The smallest absolute Gasteiger partial charge is 0.103 e. The topological polar surface area (TPSA) is 38.4 Å². The van der Waals surface area contributed by atoms with Crippen LogP contribution in [0.1, 0.15) is 11.1 Å². The van der Waals surface area contributed by atoms with Gasteiger partial charge in [0.25, 0.3) is 0 Å². The number of rotatable bonds is 0. The molecular weight excluding hydrogens is 232 g/mol. The molecule has 0 aliphatic carbocycles. The third-order valence-corrected chi connectivity index (χ3v) is 2.93. The van der Waals surface area contributed by atoms with E-state index in [0.717, 1.165) is 6.42 Å². The van der Waals surface area contributed by atoms with Gasteiger partial charge in [-0.05, 0) is 28.0 Å². The summed E-state index contributed by atoms with van der Waals surface area (Å²) in [5.41, 5.74) is 8.32. The number of hydrogen-bond acceptors (Lipinski definition) is 2. The summed E-state index contributed by atoms with van der Waals surface area (Å²) in [4.78, 5) is 4.16. The van der Waals surface area contributed by atoms with Crippen LogP contribution in [-0.2, 0) is 6.42 Å². The van der Waals surface area contributed by atoms with E-state index in [1.54, 1.807) is 6.20 Å². The first kappa shape index (κ1) is 11.7. The number of benzene rings is 2. The lowest BCUT2D eigenvalue weighted by molar-refractivity contribution is 1.30. The Kier molecular flexibility index (Phi) is 3.16. The molecule has 0 fully saturated rings. The molecular formula is C14H13ClN2. The molecule has 0 saturated carbocycles. The molecule has 2 aromatic rings. The van der Waals surface area contributed by atoms with Crippen LogP contribution in [-0.4, -0.2) is 5.84 Å². The lowest BCUT2D eigenvalue weighted by Crippen LogP contribution is -2.14. The molecule has 2 aromatic carbocycles. The van der Waals surface area contributed by atoms with E-state index in [9.17, 15) is 0 Å². The zero-order valence-electron chi connectivity index (χ0n) is 9.26. The fourth-order valence-electron chi connectivity index (χ4n) is 2.15. The van der Waals surface area contributed by atoms with E-state index < -0.39 is 0 Å². The molecule has 0 radical (unpaired) electrons. The van der Waals surface area contributed by atoms with Crippen LogP contribution in [0.4, 0.5) is 0 Å². The SMILES string of the molecule is Cl.NC1=NC=Cc2ccc3ccccc3c2C1. The van der Waals surface area contributed by atoms with Crippen molar-refractivity contribution in [1.29, 1.82) is 0 Å². The van der Waals surface area contributed by atoms with Gasteiger partial charge in [-0.2, -0.15) is 0 Å². The molecule has 1 heterocycles. The monoisotopic (exact) mass is 244 g/mol. The maximum atomic E-state index is 5.84. The predicted octanol–water partition coefficient (Wildman–Crippen LogP) is 3.15. The van der Waals surface area contributed by atoms with Gasteiger partial charge in [0, 0.05) is 12.6 Å². The van der Waals surface area contributed by atoms with Crippen LogP contribution in [0.5, 0.6) is 0 Å². The molecule has 0 amide bonds. The zero-order chi connectivity index (χ0) is 11.0. The lowest BCUT2D eigenvalue weighted by atomic mass is 9.96. The second-order valence-electron chi connectivity index (χ2n) is 3.97. The highest BCUT2D eigenvalue weighted by Crippen LogP contribution is 2.25. The fraction of sp³-hybridized carbons (Fsp3) is 0.0714. The number of aliphatic imine (C=N–C) groups is 1. The van der Waals surface area contributed by atoms with E-state index in [2.05, 4.69) is 41.4 Å². The highest BCUT2D eigenvalue weighted by Gasteiger charge is 2.09. The van der Waals surface area contributed by atoms with Crippen LogP contribution in [0.25, 0.3) is 16.8 Å². The summed E-state index contributed by atoms with van der Waals surface area (Å²) in [6, 6.07) is 12.6. The molecule has 0 atom stereocenters. The van der Waals surface area contributed by atoms with Crippen LogP contribution >= 0.6 is 12.4 Å². The van der Waals surface area contributed by atoms with Crippen LogP contribution in [0.2, 0.25) is 0 Å². The largest absolute Gasteiger partial charge is 0.387 e. The highest BCUT2D eigenvalue weighted by atomic mass is 35.5. The Balaban J connectivity index is 0.00000108. The fourth-order valence-corrected chi connectivity index (χ4v) is 2.15. The van der Waals surface area contributed by atoms with Gasteiger partial charge >= 0.3 is 0 Å². The Morgan fingerprint density at radius 1 is 1.06 bits per heavy atom. The number of fused-ring (bicyclic) bond motifs is 3. The van der Waals surface area contributed by atoms with Gasteiger partial charge in [-0.3, -0.25) is 0 Å². The first-order valence-corrected chi connectivity index (χ1v) is 5.34. The lowest BCUT2D eigenvalue weighted by Gasteiger charge is -2.08. The van der Waals surface area contributed by atoms with Crippen molar-refractivity contribution in [1.82, 2.24) is 0 Å². The Labute approximate surface area is 106 Å². The van der Waals surface area contributed by atoms with E-state index in [0.29, 0.717) is 5.84 Å². The quantitative estimate of drug-likeness (QED) is 0.760. The molecule has 0 unspecified atom stereocenters. The first-order chi connectivity index (χ1) is 7.84. The van der Waals surface area contributed by atoms with Crippen molar-refractivity contribution in [2.45, 2.75) is 6.42 Å². The van der Waals surface area contributed by atoms with E-state index in [1.165, 1.54) is 21.9 Å².